The molecule has 0 bridgehead atoms. The molecule has 0 spiro atoms. The van der Waals surface area contributed by atoms with Gasteiger partial charge in [0.15, 0.2) is 0 Å². The van der Waals surface area contributed by atoms with Crippen LogP contribution >= 0.6 is 0 Å². The van der Waals surface area contributed by atoms with E-state index in [4.69, 9.17) is 0 Å². The number of carbonyl (C=O) groups excluding carboxylic acids is 1. The highest BCUT2D eigenvalue weighted by atomic mass is 16.2. The van der Waals surface area contributed by atoms with Crippen LogP contribution in [0.3, 0.4) is 0 Å². The Morgan fingerprint density at radius 2 is 1.60 bits per heavy atom. The molecule has 2 aromatic carbocycles. The van der Waals surface area contributed by atoms with Crippen LogP contribution in [-0.2, 0) is 16.9 Å². The van der Waals surface area contributed by atoms with Crippen molar-refractivity contribution in [3.8, 4) is 22.5 Å². The Kier molecular flexibility index (Phi) is 4.80. The zero-order chi connectivity index (χ0) is 21.7. The van der Waals surface area contributed by atoms with E-state index in [-0.39, 0.29) is 11.4 Å². The molecule has 0 fully saturated rings. The number of rotatable bonds is 2. The summed E-state index contributed by atoms with van der Waals surface area (Å²) in [5, 5.41) is 9.24. The normalized spacial score (nSPS) is 13.7. The van der Waals surface area contributed by atoms with E-state index in [1.54, 1.807) is 0 Å². The Labute approximate surface area is 178 Å². The van der Waals surface area contributed by atoms with E-state index >= 15 is 0 Å². The number of hydrogen-bond donors (Lipinski definition) is 0. The summed E-state index contributed by atoms with van der Waals surface area (Å²) in [6.45, 7) is 12.9. The van der Waals surface area contributed by atoms with Crippen molar-refractivity contribution in [2.45, 2.75) is 60.0 Å². The molecule has 0 unspecified atom stereocenters. The first kappa shape index (κ1) is 20.3. The van der Waals surface area contributed by atoms with E-state index in [0.29, 0.717) is 6.54 Å². The molecule has 0 saturated heterocycles. The topological polar surface area (TPSA) is 51.0 Å². The van der Waals surface area contributed by atoms with Gasteiger partial charge in [0.1, 0.15) is 5.69 Å². The van der Waals surface area contributed by atoms with Gasteiger partial charge in [0, 0.05) is 16.5 Å². The summed E-state index contributed by atoms with van der Waals surface area (Å²) in [7, 11) is 0. The van der Waals surface area contributed by atoms with Crippen LogP contribution in [-0.4, -0.2) is 20.9 Å². The highest BCUT2D eigenvalue weighted by molar-refractivity contribution is 6.02. The van der Waals surface area contributed by atoms with Crippen molar-refractivity contribution in [1.29, 1.82) is 0 Å². The molecule has 0 saturated carbocycles. The maximum absolute atomic E-state index is 13.5. The molecule has 5 nitrogen and oxygen atoms in total. The fourth-order valence-corrected chi connectivity index (χ4v) is 3.92. The molecule has 1 aliphatic heterocycles. The summed E-state index contributed by atoms with van der Waals surface area (Å²) in [5.74, 6) is 0.0991. The summed E-state index contributed by atoms with van der Waals surface area (Å²) >= 11 is 0. The van der Waals surface area contributed by atoms with Gasteiger partial charge in [-0.3, -0.25) is 4.79 Å². The minimum absolute atomic E-state index is 0.0991. The lowest BCUT2D eigenvalue weighted by molar-refractivity contribution is -0.125. The molecule has 1 aliphatic rings. The molecule has 0 atom stereocenters. The maximum Gasteiger partial charge on any atom is 0.232 e. The van der Waals surface area contributed by atoms with Crippen molar-refractivity contribution in [3.05, 3.63) is 54.1 Å². The van der Waals surface area contributed by atoms with Gasteiger partial charge in [0.25, 0.3) is 0 Å². The molecule has 3 aromatic rings. The van der Waals surface area contributed by atoms with Crippen molar-refractivity contribution in [1.82, 2.24) is 15.0 Å². The second kappa shape index (κ2) is 7.08. The van der Waals surface area contributed by atoms with Crippen LogP contribution in [0, 0.1) is 5.41 Å². The third kappa shape index (κ3) is 3.22. The number of benzene rings is 2. The first-order chi connectivity index (χ1) is 14.1. The molecular weight excluding hydrogens is 372 g/mol. The Bertz CT molecular complexity index is 1100. The number of carbonyl (C=O) groups is 1. The maximum atomic E-state index is 13.5. The number of hydrogen-bond acceptors (Lipinski definition) is 3. The quantitative estimate of drug-likeness (QED) is 0.556. The SMILES string of the molecule is CCC(C)(C)n1nnc2c1-c1ccccc1N(C(=O)C(C)(C)C)Cc1ccccc1-2. The third-order valence-corrected chi connectivity index (χ3v) is 6.05. The smallest absolute Gasteiger partial charge is 0.232 e. The van der Waals surface area contributed by atoms with Gasteiger partial charge in [-0.15, -0.1) is 5.10 Å². The summed E-state index contributed by atoms with van der Waals surface area (Å²) in [6, 6.07) is 16.3. The fourth-order valence-electron chi connectivity index (χ4n) is 3.92. The van der Waals surface area contributed by atoms with Gasteiger partial charge in [-0.1, -0.05) is 75.4 Å². The monoisotopic (exact) mass is 402 g/mol. The summed E-state index contributed by atoms with van der Waals surface area (Å²) in [6.07, 6.45) is 0.914. The summed E-state index contributed by atoms with van der Waals surface area (Å²) < 4.78 is 2.03. The van der Waals surface area contributed by atoms with Gasteiger partial charge >= 0.3 is 0 Å². The minimum atomic E-state index is -0.495. The van der Waals surface area contributed by atoms with E-state index in [1.807, 2.05) is 60.7 Å². The van der Waals surface area contributed by atoms with E-state index in [0.717, 1.165) is 40.2 Å². The molecule has 2 heterocycles. The van der Waals surface area contributed by atoms with Gasteiger partial charge in [0.05, 0.1) is 23.5 Å². The molecule has 0 N–H and O–H groups in total. The predicted molar refractivity (Wildman–Crippen MR) is 121 cm³/mol. The number of aromatic nitrogens is 3. The summed E-state index contributed by atoms with van der Waals surface area (Å²) in [5.41, 5.74) is 5.15. The molecule has 0 radical (unpaired) electrons. The van der Waals surface area contributed by atoms with Gasteiger partial charge in [-0.25, -0.2) is 4.68 Å². The van der Waals surface area contributed by atoms with E-state index < -0.39 is 5.41 Å². The predicted octanol–water partition coefficient (Wildman–Crippen LogP) is 5.65. The van der Waals surface area contributed by atoms with Gasteiger partial charge in [-0.05, 0) is 31.9 Å². The lowest BCUT2D eigenvalue weighted by Crippen LogP contribution is -2.40. The number of fused-ring (bicyclic) bond motifs is 5. The zero-order valence-corrected chi connectivity index (χ0v) is 18.7. The van der Waals surface area contributed by atoms with E-state index in [9.17, 15) is 4.79 Å². The Morgan fingerprint density at radius 1 is 0.967 bits per heavy atom. The van der Waals surface area contributed by atoms with Gasteiger partial charge in [-0.2, -0.15) is 0 Å². The minimum Gasteiger partial charge on any atom is -0.307 e. The zero-order valence-electron chi connectivity index (χ0n) is 18.7. The van der Waals surface area contributed by atoms with Crippen molar-refractivity contribution in [2.24, 2.45) is 5.41 Å². The van der Waals surface area contributed by atoms with E-state index in [1.165, 1.54) is 0 Å². The molecule has 4 rings (SSSR count). The lowest BCUT2D eigenvalue weighted by atomic mass is 9.90. The van der Waals surface area contributed by atoms with Gasteiger partial charge in [0.2, 0.25) is 5.91 Å². The number of nitrogens with zero attached hydrogens (tertiary/aromatic N) is 4. The average Bonchev–Trinajstić information content (AvgIpc) is 3.15. The molecule has 156 valence electrons. The molecule has 1 amide bonds. The Hall–Kier alpha value is -2.95. The fraction of sp³-hybridized carbons (Fsp3) is 0.400. The highest BCUT2D eigenvalue weighted by Gasteiger charge is 2.35. The second-order valence-corrected chi connectivity index (χ2v) is 9.68. The molecule has 30 heavy (non-hydrogen) atoms. The lowest BCUT2D eigenvalue weighted by Gasteiger charge is -2.34. The van der Waals surface area contributed by atoms with Crippen molar-refractivity contribution >= 4 is 11.6 Å². The Balaban J connectivity index is 2.09. The molecular formula is C25H30N4O. The van der Waals surface area contributed by atoms with Crippen LogP contribution in [0.5, 0.6) is 0 Å². The number of anilines is 1. The number of amides is 1. The van der Waals surface area contributed by atoms with Gasteiger partial charge < -0.3 is 4.90 Å². The van der Waals surface area contributed by atoms with Crippen LogP contribution in [0.25, 0.3) is 22.5 Å². The summed E-state index contributed by atoms with van der Waals surface area (Å²) in [4.78, 5) is 15.5. The molecule has 0 aliphatic carbocycles. The highest BCUT2D eigenvalue weighted by Crippen LogP contribution is 2.43. The molecule has 5 heteroatoms. The average molecular weight is 403 g/mol. The van der Waals surface area contributed by atoms with Crippen LogP contribution in [0.15, 0.2) is 48.5 Å². The standard InChI is InChI=1S/C25H30N4O/c1-7-25(5,6)29-22-19-14-10-11-15-20(19)28(23(30)24(2,3)4)16-17-12-8-9-13-18(17)21(22)26-27-29/h8-15H,7,16H2,1-6H3. The molecule has 1 aromatic heterocycles. The van der Waals surface area contributed by atoms with Crippen molar-refractivity contribution < 1.29 is 4.79 Å². The number of para-hydroxylation sites is 1. The van der Waals surface area contributed by atoms with Crippen LogP contribution in [0.4, 0.5) is 5.69 Å². The van der Waals surface area contributed by atoms with Crippen LogP contribution < -0.4 is 4.90 Å². The van der Waals surface area contributed by atoms with E-state index in [2.05, 4.69) is 49.3 Å². The largest absolute Gasteiger partial charge is 0.307 e. The van der Waals surface area contributed by atoms with Crippen LogP contribution in [0.1, 0.15) is 53.5 Å². The second-order valence-electron chi connectivity index (χ2n) is 9.68. The first-order valence-corrected chi connectivity index (χ1v) is 10.6. The van der Waals surface area contributed by atoms with Crippen molar-refractivity contribution in [2.75, 3.05) is 4.90 Å². The Morgan fingerprint density at radius 3 is 2.27 bits per heavy atom. The van der Waals surface area contributed by atoms with Crippen LogP contribution in [0.2, 0.25) is 0 Å². The first-order valence-electron chi connectivity index (χ1n) is 10.6. The van der Waals surface area contributed by atoms with Crippen molar-refractivity contribution in [3.63, 3.8) is 0 Å². The third-order valence-electron chi connectivity index (χ3n) is 6.05.